The quantitative estimate of drug-likeness (QED) is 0.867. The topological polar surface area (TPSA) is 82.3 Å². The Morgan fingerprint density at radius 2 is 2.20 bits per heavy atom. The van der Waals surface area contributed by atoms with Gasteiger partial charge in [-0.05, 0) is 18.2 Å². The van der Waals surface area contributed by atoms with E-state index in [-0.39, 0.29) is 12.2 Å². The molecule has 0 spiro atoms. The number of rotatable bonds is 5. The van der Waals surface area contributed by atoms with E-state index in [0.717, 1.165) is 18.2 Å². The molecule has 0 radical (unpaired) electrons. The first-order chi connectivity index (χ1) is 9.29. The van der Waals surface area contributed by atoms with Crippen LogP contribution in [-0.4, -0.2) is 30.8 Å². The highest BCUT2D eigenvalue weighted by atomic mass is 19.4. The molecular weight excluding hydrogens is 277 g/mol. The van der Waals surface area contributed by atoms with Crippen LogP contribution in [0, 0.1) is 11.3 Å². The molecule has 0 aliphatic carbocycles. The van der Waals surface area contributed by atoms with Crippen molar-refractivity contribution in [2.45, 2.75) is 12.3 Å². The van der Waals surface area contributed by atoms with Crippen LogP contribution in [0.15, 0.2) is 18.2 Å². The number of carboxylic acids is 1. The van der Waals surface area contributed by atoms with Gasteiger partial charge in [-0.3, -0.25) is 0 Å². The molecule has 0 saturated heterocycles. The molecule has 1 atom stereocenters. The zero-order valence-corrected chi connectivity index (χ0v) is 10.4. The highest BCUT2D eigenvalue weighted by Gasteiger charge is 2.33. The SMILES string of the molecule is COC(CNc1ccc(C(F)(F)F)c(C#N)c1)C(=O)O. The predicted octanol–water partition coefficient (Wildman–Crippen LogP) is 2.09. The summed E-state index contributed by atoms with van der Waals surface area (Å²) in [6, 6.07) is 4.36. The summed E-state index contributed by atoms with van der Waals surface area (Å²) in [5.74, 6) is -1.20. The molecule has 1 rings (SSSR count). The Morgan fingerprint density at radius 1 is 1.55 bits per heavy atom. The maximum absolute atomic E-state index is 12.6. The Labute approximate surface area is 112 Å². The maximum atomic E-state index is 12.6. The fourth-order valence-electron chi connectivity index (χ4n) is 1.48. The summed E-state index contributed by atoms with van der Waals surface area (Å²) in [6.45, 7) is -0.137. The van der Waals surface area contributed by atoms with Gasteiger partial charge in [0.25, 0.3) is 0 Å². The van der Waals surface area contributed by atoms with E-state index in [0.29, 0.717) is 0 Å². The van der Waals surface area contributed by atoms with E-state index in [1.54, 1.807) is 0 Å². The van der Waals surface area contributed by atoms with Crippen LogP contribution in [0.2, 0.25) is 0 Å². The van der Waals surface area contributed by atoms with Gasteiger partial charge in [-0.2, -0.15) is 18.4 Å². The third kappa shape index (κ3) is 3.86. The van der Waals surface area contributed by atoms with Crippen LogP contribution in [0.4, 0.5) is 18.9 Å². The second kappa shape index (κ2) is 6.25. The minimum absolute atomic E-state index is 0.137. The minimum Gasteiger partial charge on any atom is -0.479 e. The third-order valence-electron chi connectivity index (χ3n) is 2.50. The van der Waals surface area contributed by atoms with E-state index in [9.17, 15) is 18.0 Å². The van der Waals surface area contributed by atoms with Gasteiger partial charge in [0.05, 0.1) is 23.7 Å². The van der Waals surface area contributed by atoms with E-state index < -0.39 is 29.4 Å². The Hall–Kier alpha value is -2.27. The molecule has 0 saturated carbocycles. The molecule has 108 valence electrons. The summed E-state index contributed by atoms with van der Waals surface area (Å²) in [7, 11) is 1.20. The minimum atomic E-state index is -4.61. The molecule has 20 heavy (non-hydrogen) atoms. The standard InChI is InChI=1S/C12H11F3N2O3/c1-20-10(11(18)19)6-17-8-2-3-9(12(13,14)15)7(4-8)5-16/h2-4,10,17H,6H2,1H3,(H,18,19). The van der Waals surface area contributed by atoms with Crippen molar-refractivity contribution < 1.29 is 27.8 Å². The number of nitrogens with one attached hydrogen (secondary N) is 1. The van der Waals surface area contributed by atoms with Gasteiger partial charge in [0.15, 0.2) is 6.10 Å². The molecule has 0 amide bonds. The maximum Gasteiger partial charge on any atom is 0.417 e. The van der Waals surface area contributed by atoms with Crippen molar-refractivity contribution in [1.82, 2.24) is 0 Å². The summed E-state index contributed by atoms with van der Waals surface area (Å²) in [5.41, 5.74) is -1.36. The predicted molar refractivity (Wildman–Crippen MR) is 63.1 cm³/mol. The Bertz CT molecular complexity index is 538. The van der Waals surface area contributed by atoms with Gasteiger partial charge in [-0.15, -0.1) is 0 Å². The van der Waals surface area contributed by atoms with Gasteiger partial charge < -0.3 is 15.2 Å². The van der Waals surface area contributed by atoms with Crippen LogP contribution in [0.25, 0.3) is 0 Å². The lowest BCUT2D eigenvalue weighted by Crippen LogP contribution is -2.30. The largest absolute Gasteiger partial charge is 0.479 e. The molecule has 0 aliphatic heterocycles. The van der Waals surface area contributed by atoms with Crippen molar-refractivity contribution >= 4 is 11.7 Å². The van der Waals surface area contributed by atoms with Crippen LogP contribution in [0.3, 0.4) is 0 Å². The fraction of sp³-hybridized carbons (Fsp3) is 0.333. The molecule has 0 bridgehead atoms. The van der Waals surface area contributed by atoms with Crippen LogP contribution in [-0.2, 0) is 15.7 Å². The van der Waals surface area contributed by atoms with Crippen molar-refractivity contribution in [3.63, 3.8) is 0 Å². The number of hydrogen-bond acceptors (Lipinski definition) is 4. The number of carbonyl (C=O) groups is 1. The molecule has 1 aromatic carbocycles. The van der Waals surface area contributed by atoms with Gasteiger partial charge in [0.1, 0.15) is 0 Å². The second-order valence-corrected chi connectivity index (χ2v) is 3.81. The van der Waals surface area contributed by atoms with Crippen molar-refractivity contribution in [2.75, 3.05) is 19.0 Å². The number of hydrogen-bond donors (Lipinski definition) is 2. The van der Waals surface area contributed by atoms with E-state index >= 15 is 0 Å². The molecule has 1 aromatic rings. The second-order valence-electron chi connectivity index (χ2n) is 3.81. The zero-order chi connectivity index (χ0) is 15.3. The lowest BCUT2D eigenvalue weighted by Gasteiger charge is -2.14. The number of ether oxygens (including phenoxy) is 1. The van der Waals surface area contributed by atoms with Crippen LogP contribution >= 0.6 is 0 Å². The number of alkyl halides is 3. The Kier molecular flexibility index (Phi) is 4.94. The normalized spacial score (nSPS) is 12.6. The summed E-state index contributed by atoms with van der Waals surface area (Å²) in [6.07, 6.45) is -5.75. The van der Waals surface area contributed by atoms with Gasteiger partial charge >= 0.3 is 12.1 Å². The van der Waals surface area contributed by atoms with Crippen molar-refractivity contribution in [3.8, 4) is 6.07 Å². The number of methoxy groups -OCH3 is 1. The Morgan fingerprint density at radius 3 is 2.65 bits per heavy atom. The van der Waals surface area contributed by atoms with E-state index in [1.807, 2.05) is 0 Å². The van der Waals surface area contributed by atoms with Crippen molar-refractivity contribution in [3.05, 3.63) is 29.3 Å². The van der Waals surface area contributed by atoms with Gasteiger partial charge in [0.2, 0.25) is 0 Å². The molecular formula is C12H11F3N2O3. The number of nitriles is 1. The average Bonchev–Trinajstić information content (AvgIpc) is 2.37. The zero-order valence-electron chi connectivity index (χ0n) is 10.4. The summed E-state index contributed by atoms with van der Waals surface area (Å²) < 4.78 is 42.4. The lowest BCUT2D eigenvalue weighted by atomic mass is 10.1. The highest BCUT2D eigenvalue weighted by Crippen LogP contribution is 2.32. The van der Waals surface area contributed by atoms with E-state index in [1.165, 1.54) is 13.2 Å². The molecule has 5 nitrogen and oxygen atoms in total. The van der Waals surface area contributed by atoms with Crippen molar-refractivity contribution in [2.24, 2.45) is 0 Å². The first-order valence-corrected chi connectivity index (χ1v) is 5.40. The number of benzene rings is 1. The fourth-order valence-corrected chi connectivity index (χ4v) is 1.48. The van der Waals surface area contributed by atoms with Gasteiger partial charge in [0, 0.05) is 12.8 Å². The summed E-state index contributed by atoms with van der Waals surface area (Å²) in [4.78, 5) is 10.7. The number of nitrogens with zero attached hydrogens (tertiary/aromatic N) is 1. The molecule has 0 fully saturated rings. The molecule has 1 unspecified atom stereocenters. The summed E-state index contributed by atoms with van der Waals surface area (Å²) >= 11 is 0. The molecule has 0 heterocycles. The molecule has 0 aromatic heterocycles. The lowest BCUT2D eigenvalue weighted by molar-refractivity contribution is -0.147. The molecule has 8 heteroatoms. The van der Waals surface area contributed by atoms with Gasteiger partial charge in [-0.25, -0.2) is 4.79 Å². The highest BCUT2D eigenvalue weighted by molar-refractivity contribution is 5.73. The first kappa shape index (κ1) is 15.8. The van der Waals surface area contributed by atoms with Crippen LogP contribution in [0.5, 0.6) is 0 Å². The summed E-state index contributed by atoms with van der Waals surface area (Å²) in [5, 5.41) is 20.1. The van der Waals surface area contributed by atoms with Crippen LogP contribution < -0.4 is 5.32 Å². The monoisotopic (exact) mass is 288 g/mol. The Balaban J connectivity index is 2.90. The number of aliphatic carboxylic acids is 1. The third-order valence-corrected chi connectivity index (χ3v) is 2.50. The van der Waals surface area contributed by atoms with E-state index in [4.69, 9.17) is 10.4 Å². The molecule has 0 aliphatic rings. The smallest absolute Gasteiger partial charge is 0.417 e. The number of anilines is 1. The van der Waals surface area contributed by atoms with Gasteiger partial charge in [-0.1, -0.05) is 0 Å². The number of carboxylic acid groups (broad SMARTS) is 1. The number of halogens is 3. The first-order valence-electron chi connectivity index (χ1n) is 5.40. The van der Waals surface area contributed by atoms with E-state index in [2.05, 4.69) is 10.1 Å². The average molecular weight is 288 g/mol. The van der Waals surface area contributed by atoms with Crippen molar-refractivity contribution in [1.29, 1.82) is 5.26 Å². The molecule has 2 N–H and O–H groups in total. The van der Waals surface area contributed by atoms with Crippen LogP contribution in [0.1, 0.15) is 11.1 Å².